The molecule has 4 heteroatoms. The molecule has 0 bridgehead atoms. The number of hydrogen-bond donors (Lipinski definition) is 2. The fourth-order valence-electron chi connectivity index (χ4n) is 2.96. The first-order chi connectivity index (χ1) is 10.7. The van der Waals surface area contributed by atoms with Crippen molar-refractivity contribution >= 4 is 5.96 Å². The zero-order valence-corrected chi connectivity index (χ0v) is 14.1. The van der Waals surface area contributed by atoms with Crippen molar-refractivity contribution in [1.29, 1.82) is 0 Å². The van der Waals surface area contributed by atoms with Crippen LogP contribution in [0, 0.1) is 6.92 Å². The molecule has 0 unspecified atom stereocenters. The summed E-state index contributed by atoms with van der Waals surface area (Å²) < 4.78 is 5.33. The number of nitrogens with zero attached hydrogens (tertiary/aromatic N) is 1. The van der Waals surface area contributed by atoms with Crippen molar-refractivity contribution in [3.63, 3.8) is 0 Å². The Bertz CT molecular complexity index is 493. The maximum atomic E-state index is 5.33. The summed E-state index contributed by atoms with van der Waals surface area (Å²) in [5.41, 5.74) is 2.38. The first kappa shape index (κ1) is 16.7. The highest BCUT2D eigenvalue weighted by molar-refractivity contribution is 5.80. The van der Waals surface area contributed by atoms with Crippen LogP contribution in [0.25, 0.3) is 0 Å². The van der Waals surface area contributed by atoms with Crippen molar-refractivity contribution in [2.75, 3.05) is 13.7 Å². The number of aryl methyl sites for hydroxylation is 1. The van der Waals surface area contributed by atoms with Crippen LogP contribution in [0.5, 0.6) is 5.75 Å². The van der Waals surface area contributed by atoms with Gasteiger partial charge in [0.1, 0.15) is 5.75 Å². The number of rotatable bonds is 5. The van der Waals surface area contributed by atoms with Crippen LogP contribution in [0.3, 0.4) is 0 Å². The van der Waals surface area contributed by atoms with Crippen LogP contribution in [0.1, 0.15) is 50.2 Å². The van der Waals surface area contributed by atoms with Crippen molar-refractivity contribution in [3.05, 3.63) is 29.3 Å². The molecule has 1 aliphatic carbocycles. The first-order valence-corrected chi connectivity index (χ1v) is 8.40. The van der Waals surface area contributed by atoms with Gasteiger partial charge >= 0.3 is 0 Å². The number of nitrogens with one attached hydrogen (secondary N) is 2. The number of methoxy groups -OCH3 is 1. The Labute approximate surface area is 134 Å². The second kappa shape index (κ2) is 8.66. The Morgan fingerprint density at radius 1 is 1.23 bits per heavy atom. The molecule has 0 amide bonds. The second-order valence-corrected chi connectivity index (χ2v) is 6.03. The Hall–Kier alpha value is -1.71. The summed E-state index contributed by atoms with van der Waals surface area (Å²) in [6.07, 6.45) is 6.53. The van der Waals surface area contributed by atoms with Gasteiger partial charge in [0.2, 0.25) is 0 Å². The summed E-state index contributed by atoms with van der Waals surface area (Å²) >= 11 is 0. The highest BCUT2D eigenvalue weighted by Gasteiger charge is 2.14. The van der Waals surface area contributed by atoms with E-state index >= 15 is 0 Å². The summed E-state index contributed by atoms with van der Waals surface area (Å²) in [5.74, 6) is 1.82. The smallest absolute Gasteiger partial charge is 0.191 e. The van der Waals surface area contributed by atoms with Gasteiger partial charge in [-0.2, -0.15) is 0 Å². The van der Waals surface area contributed by atoms with E-state index in [1.807, 2.05) is 6.07 Å². The minimum atomic E-state index is 0.568. The molecular weight excluding hydrogens is 274 g/mol. The fraction of sp³-hybridized carbons (Fsp3) is 0.611. The molecule has 1 aliphatic rings. The third-order valence-corrected chi connectivity index (χ3v) is 4.06. The van der Waals surface area contributed by atoms with E-state index in [0.29, 0.717) is 12.6 Å². The largest absolute Gasteiger partial charge is 0.497 e. The van der Waals surface area contributed by atoms with Crippen molar-refractivity contribution in [2.24, 2.45) is 4.99 Å². The predicted octanol–water partition coefficient (Wildman–Crippen LogP) is 3.39. The van der Waals surface area contributed by atoms with Gasteiger partial charge < -0.3 is 15.4 Å². The van der Waals surface area contributed by atoms with Crippen molar-refractivity contribution in [3.8, 4) is 5.75 Å². The SMILES string of the molecule is CCNC(=NCc1cc(C)cc(OC)c1)NC1CCCCC1. The molecule has 0 aromatic heterocycles. The van der Waals surface area contributed by atoms with E-state index in [0.717, 1.165) is 18.3 Å². The molecule has 2 N–H and O–H groups in total. The Morgan fingerprint density at radius 3 is 2.68 bits per heavy atom. The molecule has 0 radical (unpaired) electrons. The lowest BCUT2D eigenvalue weighted by atomic mass is 9.96. The number of hydrogen-bond acceptors (Lipinski definition) is 2. The maximum absolute atomic E-state index is 5.33. The van der Waals surface area contributed by atoms with E-state index in [1.165, 1.54) is 43.2 Å². The lowest BCUT2D eigenvalue weighted by molar-refractivity contribution is 0.410. The van der Waals surface area contributed by atoms with Crippen molar-refractivity contribution < 1.29 is 4.74 Å². The zero-order chi connectivity index (χ0) is 15.8. The molecule has 0 heterocycles. The van der Waals surface area contributed by atoms with Gasteiger partial charge in [-0.25, -0.2) is 4.99 Å². The van der Waals surface area contributed by atoms with Gasteiger partial charge in [0.25, 0.3) is 0 Å². The molecule has 0 aliphatic heterocycles. The molecule has 1 fully saturated rings. The topological polar surface area (TPSA) is 45.7 Å². The molecule has 22 heavy (non-hydrogen) atoms. The van der Waals surface area contributed by atoms with E-state index < -0.39 is 0 Å². The quantitative estimate of drug-likeness (QED) is 0.647. The summed E-state index contributed by atoms with van der Waals surface area (Å²) in [7, 11) is 1.70. The van der Waals surface area contributed by atoms with Gasteiger partial charge in [0.05, 0.1) is 13.7 Å². The Balaban J connectivity index is 2.01. The van der Waals surface area contributed by atoms with E-state index in [2.05, 4.69) is 36.6 Å². The molecule has 4 nitrogen and oxygen atoms in total. The van der Waals surface area contributed by atoms with Gasteiger partial charge in [-0.3, -0.25) is 0 Å². The van der Waals surface area contributed by atoms with Gasteiger partial charge in [-0.05, 0) is 49.9 Å². The van der Waals surface area contributed by atoms with Gasteiger partial charge in [0.15, 0.2) is 5.96 Å². The van der Waals surface area contributed by atoms with E-state index in [4.69, 9.17) is 9.73 Å². The van der Waals surface area contributed by atoms with E-state index in [-0.39, 0.29) is 0 Å². The maximum Gasteiger partial charge on any atom is 0.191 e. The third kappa shape index (κ3) is 5.24. The minimum Gasteiger partial charge on any atom is -0.497 e. The third-order valence-electron chi connectivity index (χ3n) is 4.06. The van der Waals surface area contributed by atoms with Crippen LogP contribution in [0.2, 0.25) is 0 Å². The highest BCUT2D eigenvalue weighted by Crippen LogP contribution is 2.18. The minimum absolute atomic E-state index is 0.568. The molecule has 0 saturated heterocycles. The normalized spacial score (nSPS) is 16.4. The molecule has 0 spiro atoms. The molecule has 1 aromatic carbocycles. The van der Waals surface area contributed by atoms with Gasteiger partial charge in [0, 0.05) is 12.6 Å². The average Bonchev–Trinajstić information content (AvgIpc) is 2.53. The van der Waals surface area contributed by atoms with E-state index in [9.17, 15) is 0 Å². The Kier molecular flexibility index (Phi) is 6.56. The number of guanidine groups is 1. The summed E-state index contributed by atoms with van der Waals surface area (Å²) in [4.78, 5) is 4.73. The number of aliphatic imine (C=N–C) groups is 1. The highest BCUT2D eigenvalue weighted by atomic mass is 16.5. The molecule has 2 rings (SSSR count). The monoisotopic (exact) mass is 303 g/mol. The summed E-state index contributed by atoms with van der Waals surface area (Å²) in [5, 5.41) is 6.93. The summed E-state index contributed by atoms with van der Waals surface area (Å²) in [6.45, 7) is 5.74. The molecular formula is C18H29N3O. The van der Waals surface area contributed by atoms with Crippen LogP contribution in [-0.4, -0.2) is 25.7 Å². The number of ether oxygens (including phenoxy) is 1. The molecule has 122 valence electrons. The van der Waals surface area contributed by atoms with E-state index in [1.54, 1.807) is 7.11 Å². The first-order valence-electron chi connectivity index (χ1n) is 8.40. The predicted molar refractivity (Wildman–Crippen MR) is 92.6 cm³/mol. The molecule has 1 saturated carbocycles. The van der Waals surface area contributed by atoms with Crippen molar-refractivity contribution in [1.82, 2.24) is 10.6 Å². The summed E-state index contributed by atoms with van der Waals surface area (Å²) in [6, 6.07) is 6.83. The second-order valence-electron chi connectivity index (χ2n) is 6.03. The van der Waals surface area contributed by atoms with Crippen LogP contribution in [0.4, 0.5) is 0 Å². The van der Waals surface area contributed by atoms with Gasteiger partial charge in [-0.15, -0.1) is 0 Å². The standard InChI is InChI=1S/C18H29N3O/c1-4-19-18(21-16-8-6-5-7-9-16)20-13-15-10-14(2)11-17(12-15)22-3/h10-12,16H,4-9,13H2,1-3H3,(H2,19,20,21). The Morgan fingerprint density at radius 2 is 2.00 bits per heavy atom. The van der Waals surface area contributed by atoms with Crippen LogP contribution < -0.4 is 15.4 Å². The fourth-order valence-corrected chi connectivity index (χ4v) is 2.96. The van der Waals surface area contributed by atoms with Crippen LogP contribution >= 0.6 is 0 Å². The van der Waals surface area contributed by atoms with Crippen LogP contribution in [0.15, 0.2) is 23.2 Å². The number of benzene rings is 1. The average molecular weight is 303 g/mol. The van der Waals surface area contributed by atoms with Crippen LogP contribution in [-0.2, 0) is 6.54 Å². The van der Waals surface area contributed by atoms with Gasteiger partial charge in [-0.1, -0.05) is 25.3 Å². The van der Waals surface area contributed by atoms with Crippen molar-refractivity contribution in [2.45, 2.75) is 58.5 Å². The zero-order valence-electron chi connectivity index (χ0n) is 14.1. The lowest BCUT2D eigenvalue weighted by Gasteiger charge is -2.24. The molecule has 1 aromatic rings. The molecule has 0 atom stereocenters. The lowest BCUT2D eigenvalue weighted by Crippen LogP contribution is -2.44.